The maximum absolute atomic E-state index is 11.6. The number of hydrogen-bond acceptors (Lipinski definition) is 6. The van der Waals surface area contributed by atoms with E-state index < -0.39 is 37.1 Å². The molecule has 0 aromatic heterocycles. The van der Waals surface area contributed by atoms with E-state index in [1.807, 2.05) is 0 Å². The van der Waals surface area contributed by atoms with E-state index in [1.165, 1.54) is 0 Å². The lowest BCUT2D eigenvalue weighted by Gasteiger charge is -2.38. The zero-order valence-corrected chi connectivity index (χ0v) is 19.9. The average Bonchev–Trinajstić information content (AvgIpc) is 2.37. The molecule has 0 saturated heterocycles. The van der Waals surface area contributed by atoms with Crippen molar-refractivity contribution in [1.82, 2.24) is 0 Å². The van der Waals surface area contributed by atoms with Crippen LogP contribution >= 0.6 is 0 Å². The summed E-state index contributed by atoms with van der Waals surface area (Å²) < 4.78 is 22.6. The van der Waals surface area contributed by atoms with Crippen LogP contribution in [0, 0.1) is 0 Å². The van der Waals surface area contributed by atoms with Crippen molar-refractivity contribution in [3.63, 3.8) is 0 Å². The van der Waals surface area contributed by atoms with Crippen molar-refractivity contribution in [2.75, 3.05) is 13.2 Å². The molecule has 0 heterocycles. The van der Waals surface area contributed by atoms with E-state index in [9.17, 15) is 9.59 Å². The highest BCUT2D eigenvalue weighted by Crippen LogP contribution is 2.25. The Balaban J connectivity index is 4.47. The Kier molecular flexibility index (Phi) is 10.1. The standard InChI is InChI=1S/C16H34O6Si3/c1-9-19-15(17)11-12-16(18)20-13-10-14-25(8,21-23(2,3)4)22-24(5,6)7/h11-12H,9-10,13-14H2,1-8H3/b12-11+. The van der Waals surface area contributed by atoms with Gasteiger partial charge in [-0.05, 0) is 65.2 Å². The third-order valence-corrected chi connectivity index (χ3v) is 12.3. The summed E-state index contributed by atoms with van der Waals surface area (Å²) in [7, 11) is -5.74. The van der Waals surface area contributed by atoms with Gasteiger partial charge in [-0.15, -0.1) is 0 Å². The average molecular weight is 407 g/mol. The summed E-state index contributed by atoms with van der Waals surface area (Å²) in [6.45, 7) is 17.3. The monoisotopic (exact) mass is 406 g/mol. The van der Waals surface area contributed by atoms with Crippen LogP contribution in [0.4, 0.5) is 0 Å². The highest BCUT2D eigenvalue weighted by atomic mass is 28.5. The van der Waals surface area contributed by atoms with Gasteiger partial charge in [0.2, 0.25) is 0 Å². The van der Waals surface area contributed by atoms with Gasteiger partial charge < -0.3 is 17.7 Å². The second-order valence-electron chi connectivity index (χ2n) is 7.92. The van der Waals surface area contributed by atoms with Crippen molar-refractivity contribution >= 4 is 37.1 Å². The van der Waals surface area contributed by atoms with E-state index in [0.717, 1.165) is 18.2 Å². The molecule has 9 heteroatoms. The van der Waals surface area contributed by atoms with E-state index in [1.54, 1.807) is 6.92 Å². The molecule has 0 atom stereocenters. The van der Waals surface area contributed by atoms with Gasteiger partial charge in [0.25, 0.3) is 0 Å². The van der Waals surface area contributed by atoms with Crippen molar-refractivity contribution in [2.45, 2.75) is 65.2 Å². The maximum atomic E-state index is 11.6. The zero-order chi connectivity index (χ0) is 19.7. The van der Waals surface area contributed by atoms with Gasteiger partial charge in [0, 0.05) is 12.2 Å². The number of hydrogen-bond donors (Lipinski definition) is 0. The smallest absolute Gasteiger partial charge is 0.331 e. The fraction of sp³-hybridized carbons (Fsp3) is 0.750. The lowest BCUT2D eigenvalue weighted by atomic mass is 10.5. The molecule has 0 aliphatic carbocycles. The number of ether oxygens (including phenoxy) is 2. The first-order chi connectivity index (χ1) is 11.3. The molecule has 146 valence electrons. The van der Waals surface area contributed by atoms with Crippen LogP contribution in [0.1, 0.15) is 13.3 Å². The zero-order valence-electron chi connectivity index (χ0n) is 16.9. The van der Waals surface area contributed by atoms with Gasteiger partial charge in [-0.1, -0.05) is 0 Å². The molecule has 0 spiro atoms. The molecule has 0 fully saturated rings. The number of carbonyl (C=O) groups is 2. The van der Waals surface area contributed by atoms with Gasteiger partial charge in [-0.3, -0.25) is 0 Å². The van der Waals surface area contributed by atoms with Gasteiger partial charge in [0.1, 0.15) is 0 Å². The Morgan fingerprint density at radius 1 is 0.800 bits per heavy atom. The van der Waals surface area contributed by atoms with E-state index in [4.69, 9.17) is 17.7 Å². The maximum Gasteiger partial charge on any atom is 0.331 e. The van der Waals surface area contributed by atoms with E-state index in [-0.39, 0.29) is 13.2 Å². The molecule has 25 heavy (non-hydrogen) atoms. The minimum absolute atomic E-state index is 0.273. The Hall–Kier alpha value is -0.749. The molecular weight excluding hydrogens is 372 g/mol. The largest absolute Gasteiger partial charge is 0.463 e. The Morgan fingerprint density at radius 3 is 1.64 bits per heavy atom. The first kappa shape index (κ1) is 24.3. The highest BCUT2D eigenvalue weighted by molar-refractivity contribution is 6.87. The molecule has 0 aromatic carbocycles. The predicted octanol–water partition coefficient (Wildman–Crippen LogP) is 3.81. The van der Waals surface area contributed by atoms with Crippen molar-refractivity contribution in [1.29, 1.82) is 0 Å². The van der Waals surface area contributed by atoms with Crippen LogP contribution in [0.5, 0.6) is 0 Å². The highest BCUT2D eigenvalue weighted by Gasteiger charge is 2.39. The van der Waals surface area contributed by atoms with Gasteiger partial charge in [-0.25, -0.2) is 9.59 Å². The first-order valence-corrected chi connectivity index (χ1v) is 18.0. The Bertz CT molecular complexity index is 449. The molecule has 6 nitrogen and oxygen atoms in total. The van der Waals surface area contributed by atoms with Gasteiger partial charge in [0.15, 0.2) is 16.6 Å². The Morgan fingerprint density at radius 2 is 1.24 bits per heavy atom. The van der Waals surface area contributed by atoms with Crippen molar-refractivity contribution < 1.29 is 27.3 Å². The quantitative estimate of drug-likeness (QED) is 0.225. The summed E-state index contributed by atoms with van der Waals surface area (Å²) in [6.07, 6.45) is 2.84. The SMILES string of the molecule is CCOC(=O)/C=C/C(=O)OCCC[Si](C)(O[Si](C)(C)C)O[Si](C)(C)C. The molecule has 0 N–H and O–H groups in total. The summed E-state index contributed by atoms with van der Waals surface area (Å²) >= 11 is 0. The molecule has 0 aromatic rings. The lowest BCUT2D eigenvalue weighted by Crippen LogP contribution is -2.52. The molecule has 0 radical (unpaired) electrons. The normalized spacial score (nSPS) is 13.1. The second kappa shape index (κ2) is 10.4. The third kappa shape index (κ3) is 14.1. The fourth-order valence-corrected chi connectivity index (χ4v) is 14.9. The molecule has 0 aliphatic heterocycles. The van der Waals surface area contributed by atoms with E-state index in [2.05, 4.69) is 45.8 Å². The molecule has 0 bridgehead atoms. The summed E-state index contributed by atoms with van der Waals surface area (Å²) in [6, 6.07) is 0.774. The molecular formula is C16H34O6Si3. The Labute approximate surface area is 155 Å². The van der Waals surface area contributed by atoms with Crippen molar-refractivity contribution in [3.05, 3.63) is 12.2 Å². The molecule has 0 rings (SSSR count). The second-order valence-corrected chi connectivity index (χ2v) is 20.8. The molecule has 0 unspecified atom stereocenters. The molecule has 0 amide bonds. The third-order valence-electron chi connectivity index (χ3n) is 2.71. The summed E-state index contributed by atoms with van der Waals surface area (Å²) in [4.78, 5) is 22.7. The number of rotatable bonds is 11. The minimum Gasteiger partial charge on any atom is -0.463 e. The van der Waals surface area contributed by atoms with Crippen LogP contribution < -0.4 is 0 Å². The van der Waals surface area contributed by atoms with Crippen LogP contribution in [0.25, 0.3) is 0 Å². The molecule has 0 aliphatic rings. The van der Waals surface area contributed by atoms with Crippen molar-refractivity contribution in [2.24, 2.45) is 0 Å². The predicted molar refractivity (Wildman–Crippen MR) is 107 cm³/mol. The minimum atomic E-state index is -2.30. The number of carbonyl (C=O) groups excluding carboxylic acids is 2. The van der Waals surface area contributed by atoms with E-state index in [0.29, 0.717) is 6.42 Å². The van der Waals surface area contributed by atoms with Crippen LogP contribution in [0.15, 0.2) is 12.2 Å². The van der Waals surface area contributed by atoms with Gasteiger partial charge in [-0.2, -0.15) is 0 Å². The van der Waals surface area contributed by atoms with Gasteiger partial charge >= 0.3 is 20.5 Å². The summed E-state index contributed by atoms with van der Waals surface area (Å²) in [5.41, 5.74) is 0. The molecule has 0 saturated carbocycles. The van der Waals surface area contributed by atoms with E-state index >= 15 is 0 Å². The van der Waals surface area contributed by atoms with Gasteiger partial charge in [0.05, 0.1) is 13.2 Å². The van der Waals surface area contributed by atoms with Crippen molar-refractivity contribution in [3.8, 4) is 0 Å². The van der Waals surface area contributed by atoms with Crippen LogP contribution in [-0.2, 0) is 27.3 Å². The lowest BCUT2D eigenvalue weighted by molar-refractivity contribution is -0.140. The topological polar surface area (TPSA) is 71.1 Å². The van der Waals surface area contributed by atoms with Crippen LogP contribution in [-0.4, -0.2) is 50.3 Å². The number of esters is 2. The van der Waals surface area contributed by atoms with Crippen LogP contribution in [0.2, 0.25) is 51.9 Å². The first-order valence-electron chi connectivity index (χ1n) is 8.68. The summed E-state index contributed by atoms with van der Waals surface area (Å²) in [5.74, 6) is -1.10. The van der Waals surface area contributed by atoms with Crippen LogP contribution in [0.3, 0.4) is 0 Å². The fourth-order valence-electron chi connectivity index (χ4n) is 2.36. The summed E-state index contributed by atoms with van der Waals surface area (Å²) in [5, 5.41) is 0.